The molecule has 1 aromatic carbocycles. The predicted molar refractivity (Wildman–Crippen MR) is 103 cm³/mol. The van der Waals surface area contributed by atoms with Crippen molar-refractivity contribution in [2.45, 2.75) is 0 Å². The lowest BCUT2D eigenvalue weighted by Crippen LogP contribution is -2.52. The Labute approximate surface area is 148 Å². The molecule has 132 valence electrons. The molecular formula is C17H27N5OS. The van der Waals surface area contributed by atoms with Gasteiger partial charge in [0.25, 0.3) is 0 Å². The second kappa shape index (κ2) is 10.1. The van der Waals surface area contributed by atoms with Gasteiger partial charge in [-0.1, -0.05) is 18.2 Å². The van der Waals surface area contributed by atoms with Gasteiger partial charge in [-0.05, 0) is 18.4 Å². The Bertz CT molecular complexity index is 529. The number of rotatable bonds is 6. The lowest BCUT2D eigenvalue weighted by atomic mass is 10.2. The number of amides is 1. The normalized spacial score (nSPS) is 15.3. The first-order chi connectivity index (χ1) is 11.7. The lowest BCUT2D eigenvalue weighted by Gasteiger charge is -2.36. The summed E-state index contributed by atoms with van der Waals surface area (Å²) in [6.07, 6.45) is 2.07. The standard InChI is InChI=1S/C17H27N5OS/c1-18-17(19-8-13-24-2)20-14-16(23)22-11-9-21(10-12-22)15-6-4-3-5-7-15/h3-7H,8-14H2,1-2H3,(H2,18,19,20). The van der Waals surface area contributed by atoms with Crippen molar-refractivity contribution >= 4 is 29.3 Å². The van der Waals surface area contributed by atoms with E-state index in [1.165, 1.54) is 5.69 Å². The van der Waals surface area contributed by atoms with Crippen LogP contribution >= 0.6 is 11.8 Å². The zero-order valence-corrected chi connectivity index (χ0v) is 15.3. The molecule has 1 aliphatic heterocycles. The van der Waals surface area contributed by atoms with Crippen LogP contribution in [0.25, 0.3) is 0 Å². The maximum Gasteiger partial charge on any atom is 0.242 e. The van der Waals surface area contributed by atoms with Crippen LogP contribution in [-0.2, 0) is 4.79 Å². The molecule has 0 atom stereocenters. The number of carbonyl (C=O) groups is 1. The minimum absolute atomic E-state index is 0.121. The quantitative estimate of drug-likeness (QED) is 0.453. The molecule has 1 amide bonds. The smallest absolute Gasteiger partial charge is 0.242 e. The van der Waals surface area contributed by atoms with Gasteiger partial charge < -0.3 is 20.4 Å². The number of hydrogen-bond donors (Lipinski definition) is 2. The van der Waals surface area contributed by atoms with E-state index in [-0.39, 0.29) is 12.5 Å². The number of nitrogens with zero attached hydrogens (tertiary/aromatic N) is 3. The first-order valence-corrected chi connectivity index (χ1v) is 9.65. The van der Waals surface area contributed by atoms with E-state index in [9.17, 15) is 4.79 Å². The highest BCUT2D eigenvalue weighted by atomic mass is 32.2. The van der Waals surface area contributed by atoms with Gasteiger partial charge in [0.1, 0.15) is 0 Å². The van der Waals surface area contributed by atoms with Crippen molar-refractivity contribution in [2.24, 2.45) is 4.99 Å². The van der Waals surface area contributed by atoms with E-state index in [0.717, 1.165) is 38.5 Å². The minimum atomic E-state index is 0.121. The van der Waals surface area contributed by atoms with E-state index < -0.39 is 0 Å². The maximum atomic E-state index is 12.3. The largest absolute Gasteiger partial charge is 0.368 e. The van der Waals surface area contributed by atoms with Gasteiger partial charge >= 0.3 is 0 Å². The Morgan fingerprint density at radius 3 is 2.50 bits per heavy atom. The number of benzene rings is 1. The van der Waals surface area contributed by atoms with E-state index in [4.69, 9.17) is 0 Å². The van der Waals surface area contributed by atoms with Crippen LogP contribution < -0.4 is 15.5 Å². The number of guanidine groups is 1. The van der Waals surface area contributed by atoms with Crippen LogP contribution in [0.1, 0.15) is 0 Å². The predicted octanol–water partition coefficient (Wildman–Crippen LogP) is 0.863. The molecule has 0 saturated carbocycles. The molecule has 0 aliphatic carbocycles. The van der Waals surface area contributed by atoms with Crippen LogP contribution in [0.4, 0.5) is 5.69 Å². The molecule has 0 radical (unpaired) electrons. The SMILES string of the molecule is CN=C(NCCSC)NCC(=O)N1CCN(c2ccccc2)CC1. The summed E-state index contributed by atoms with van der Waals surface area (Å²) in [5, 5.41) is 6.29. The molecule has 24 heavy (non-hydrogen) atoms. The van der Waals surface area contributed by atoms with Crippen LogP contribution in [0, 0.1) is 0 Å². The van der Waals surface area contributed by atoms with Crippen molar-refractivity contribution in [1.29, 1.82) is 0 Å². The molecule has 2 N–H and O–H groups in total. The third kappa shape index (κ3) is 5.63. The highest BCUT2D eigenvalue weighted by Gasteiger charge is 2.21. The number of hydrogen-bond acceptors (Lipinski definition) is 4. The Kier molecular flexibility index (Phi) is 7.74. The van der Waals surface area contributed by atoms with Crippen molar-refractivity contribution in [3.63, 3.8) is 0 Å². The van der Waals surface area contributed by atoms with Crippen molar-refractivity contribution in [3.05, 3.63) is 30.3 Å². The van der Waals surface area contributed by atoms with E-state index in [2.05, 4.69) is 38.9 Å². The van der Waals surface area contributed by atoms with Crippen molar-refractivity contribution < 1.29 is 4.79 Å². The zero-order valence-electron chi connectivity index (χ0n) is 14.5. The molecule has 0 aromatic heterocycles. The summed E-state index contributed by atoms with van der Waals surface area (Å²) in [7, 11) is 1.72. The molecule has 2 rings (SSSR count). The number of carbonyl (C=O) groups excluding carboxylic acids is 1. The Balaban J connectivity index is 1.72. The summed E-state index contributed by atoms with van der Waals surface area (Å²) < 4.78 is 0. The lowest BCUT2D eigenvalue weighted by molar-refractivity contribution is -0.130. The number of nitrogens with one attached hydrogen (secondary N) is 2. The molecule has 1 aliphatic rings. The topological polar surface area (TPSA) is 60.0 Å². The highest BCUT2D eigenvalue weighted by molar-refractivity contribution is 7.98. The fourth-order valence-electron chi connectivity index (χ4n) is 2.62. The molecule has 1 heterocycles. The highest BCUT2D eigenvalue weighted by Crippen LogP contribution is 2.15. The molecule has 6 nitrogen and oxygen atoms in total. The summed E-state index contributed by atoms with van der Waals surface area (Å²) in [4.78, 5) is 20.7. The molecule has 1 fully saturated rings. The first kappa shape index (κ1) is 18.4. The monoisotopic (exact) mass is 349 g/mol. The van der Waals surface area contributed by atoms with Gasteiger partial charge in [0, 0.05) is 51.2 Å². The number of aliphatic imine (C=N–C) groups is 1. The van der Waals surface area contributed by atoms with Gasteiger partial charge in [-0.15, -0.1) is 0 Å². The van der Waals surface area contributed by atoms with Gasteiger partial charge in [-0.25, -0.2) is 0 Å². The summed E-state index contributed by atoms with van der Waals surface area (Å²) in [5.41, 5.74) is 1.22. The second-order valence-electron chi connectivity index (χ2n) is 5.55. The van der Waals surface area contributed by atoms with Gasteiger partial charge in [-0.2, -0.15) is 11.8 Å². The van der Waals surface area contributed by atoms with Gasteiger partial charge in [-0.3, -0.25) is 9.79 Å². The fourth-order valence-corrected chi connectivity index (χ4v) is 2.92. The summed E-state index contributed by atoms with van der Waals surface area (Å²) in [6, 6.07) is 10.3. The van der Waals surface area contributed by atoms with E-state index in [1.807, 2.05) is 23.1 Å². The number of anilines is 1. The van der Waals surface area contributed by atoms with E-state index >= 15 is 0 Å². The Hall–Kier alpha value is -1.89. The van der Waals surface area contributed by atoms with Crippen molar-refractivity contribution in [3.8, 4) is 0 Å². The number of piperazine rings is 1. The fraction of sp³-hybridized carbons (Fsp3) is 0.529. The van der Waals surface area contributed by atoms with Crippen LogP contribution in [-0.4, -0.2) is 75.1 Å². The summed E-state index contributed by atoms with van der Waals surface area (Å²) in [5.74, 6) is 1.81. The maximum absolute atomic E-state index is 12.3. The van der Waals surface area contributed by atoms with Crippen LogP contribution in [0.15, 0.2) is 35.3 Å². The van der Waals surface area contributed by atoms with Crippen LogP contribution in [0.3, 0.4) is 0 Å². The molecule has 0 bridgehead atoms. The van der Waals surface area contributed by atoms with E-state index in [0.29, 0.717) is 5.96 Å². The molecule has 0 spiro atoms. The average Bonchev–Trinajstić information content (AvgIpc) is 2.65. The average molecular weight is 350 g/mol. The van der Waals surface area contributed by atoms with E-state index in [1.54, 1.807) is 18.8 Å². The zero-order chi connectivity index (χ0) is 17.2. The third-order valence-corrected chi connectivity index (χ3v) is 4.60. The van der Waals surface area contributed by atoms with Crippen LogP contribution in [0.5, 0.6) is 0 Å². The summed E-state index contributed by atoms with van der Waals surface area (Å²) in [6.45, 7) is 4.38. The Morgan fingerprint density at radius 2 is 1.88 bits per heavy atom. The second-order valence-corrected chi connectivity index (χ2v) is 6.53. The summed E-state index contributed by atoms with van der Waals surface area (Å²) >= 11 is 1.77. The molecule has 7 heteroatoms. The third-order valence-electron chi connectivity index (χ3n) is 3.98. The van der Waals surface area contributed by atoms with Gasteiger partial charge in [0.15, 0.2) is 5.96 Å². The van der Waals surface area contributed by atoms with Crippen molar-refractivity contribution in [2.75, 3.05) is 63.2 Å². The number of para-hydroxylation sites is 1. The van der Waals surface area contributed by atoms with Crippen molar-refractivity contribution in [1.82, 2.24) is 15.5 Å². The molecule has 1 saturated heterocycles. The van der Waals surface area contributed by atoms with Crippen LogP contribution in [0.2, 0.25) is 0 Å². The van der Waals surface area contributed by atoms with Gasteiger partial charge in [0.2, 0.25) is 5.91 Å². The number of thioether (sulfide) groups is 1. The Morgan fingerprint density at radius 1 is 1.17 bits per heavy atom. The first-order valence-electron chi connectivity index (χ1n) is 8.26. The minimum Gasteiger partial charge on any atom is -0.368 e. The van der Waals surface area contributed by atoms with Gasteiger partial charge in [0.05, 0.1) is 6.54 Å². The molecule has 1 aromatic rings. The molecule has 0 unspecified atom stereocenters. The molecular weight excluding hydrogens is 322 g/mol.